The molecule has 1 atom stereocenters. The molecular weight excluding hydrogens is 398 g/mol. The van der Waals surface area contributed by atoms with Crippen molar-refractivity contribution in [2.75, 3.05) is 13.7 Å². The smallest absolute Gasteiger partial charge is 0.269 e. The van der Waals surface area contributed by atoms with Gasteiger partial charge in [0.25, 0.3) is 11.8 Å². The van der Waals surface area contributed by atoms with Gasteiger partial charge < -0.3 is 9.47 Å². The number of rotatable bonds is 8. The Morgan fingerprint density at radius 2 is 1.55 bits per heavy atom. The summed E-state index contributed by atoms with van der Waals surface area (Å²) in [6, 6.07) is 10.9. The van der Waals surface area contributed by atoms with Gasteiger partial charge in [0.05, 0.1) is 24.7 Å². The number of ether oxygens (including phenoxy) is 2. The highest BCUT2D eigenvalue weighted by atomic mass is 32.2. The Morgan fingerprint density at radius 3 is 2.10 bits per heavy atom. The summed E-state index contributed by atoms with van der Waals surface area (Å²) in [6.07, 6.45) is 0. The van der Waals surface area contributed by atoms with Gasteiger partial charge in [-0.15, -0.1) is 0 Å². The molecule has 0 aromatic heterocycles. The van der Waals surface area contributed by atoms with Crippen molar-refractivity contribution in [3.8, 4) is 11.5 Å². The Hall–Kier alpha value is -3.11. The summed E-state index contributed by atoms with van der Waals surface area (Å²) in [5.41, 5.74) is 4.74. The molecule has 156 valence electrons. The molecule has 0 heterocycles. The van der Waals surface area contributed by atoms with E-state index in [0.717, 1.165) is 0 Å². The van der Waals surface area contributed by atoms with Crippen molar-refractivity contribution in [3.05, 3.63) is 54.1 Å². The second-order valence-corrected chi connectivity index (χ2v) is 7.63. The molecule has 0 saturated carbocycles. The minimum Gasteiger partial charge on any atom is -0.497 e. The highest BCUT2D eigenvalue weighted by Crippen LogP contribution is 2.15. The second kappa shape index (κ2) is 9.89. The van der Waals surface area contributed by atoms with E-state index >= 15 is 0 Å². The number of sulfonamides is 1. The molecule has 0 saturated heterocycles. The van der Waals surface area contributed by atoms with Crippen molar-refractivity contribution in [2.24, 2.45) is 0 Å². The highest BCUT2D eigenvalue weighted by Gasteiger charge is 2.22. The first-order valence-corrected chi connectivity index (χ1v) is 10.2. The van der Waals surface area contributed by atoms with Crippen molar-refractivity contribution >= 4 is 21.8 Å². The van der Waals surface area contributed by atoms with Gasteiger partial charge >= 0.3 is 0 Å². The molecule has 0 spiro atoms. The Kier molecular flexibility index (Phi) is 7.57. The van der Waals surface area contributed by atoms with Crippen LogP contribution < -0.4 is 25.0 Å². The minimum absolute atomic E-state index is 0.0172. The molecule has 9 nitrogen and oxygen atoms in total. The van der Waals surface area contributed by atoms with E-state index in [-0.39, 0.29) is 4.90 Å². The van der Waals surface area contributed by atoms with Crippen molar-refractivity contribution in [1.82, 2.24) is 15.6 Å². The molecule has 10 heteroatoms. The molecule has 2 amide bonds. The number of benzene rings is 2. The lowest BCUT2D eigenvalue weighted by Gasteiger charge is -2.15. The maximum Gasteiger partial charge on any atom is 0.269 e. The van der Waals surface area contributed by atoms with Gasteiger partial charge in [0.2, 0.25) is 10.0 Å². The molecule has 3 N–H and O–H groups in total. The quantitative estimate of drug-likeness (QED) is 0.551. The van der Waals surface area contributed by atoms with Crippen LogP contribution in [-0.4, -0.2) is 40.0 Å². The fourth-order valence-corrected chi connectivity index (χ4v) is 3.48. The van der Waals surface area contributed by atoms with E-state index in [1.165, 1.54) is 38.3 Å². The molecule has 0 bridgehead atoms. The zero-order chi connectivity index (χ0) is 21.4. The van der Waals surface area contributed by atoms with E-state index in [1.54, 1.807) is 24.3 Å². The third-order valence-electron chi connectivity index (χ3n) is 3.82. The first-order valence-electron chi connectivity index (χ1n) is 8.76. The molecule has 29 heavy (non-hydrogen) atoms. The monoisotopic (exact) mass is 421 g/mol. The van der Waals surface area contributed by atoms with Crippen molar-refractivity contribution < 1.29 is 27.5 Å². The summed E-state index contributed by atoms with van der Waals surface area (Å²) in [4.78, 5) is 24.2. The summed E-state index contributed by atoms with van der Waals surface area (Å²) in [6.45, 7) is 3.71. The van der Waals surface area contributed by atoms with Crippen LogP contribution in [0.25, 0.3) is 0 Å². The van der Waals surface area contributed by atoms with E-state index < -0.39 is 27.9 Å². The number of hydrogen-bond donors (Lipinski definition) is 3. The summed E-state index contributed by atoms with van der Waals surface area (Å²) >= 11 is 0. The molecule has 0 aliphatic heterocycles. The summed E-state index contributed by atoms with van der Waals surface area (Å²) in [5.74, 6) is -0.144. The number of hydrazine groups is 1. The van der Waals surface area contributed by atoms with Gasteiger partial charge in [-0.1, -0.05) is 0 Å². The van der Waals surface area contributed by atoms with Crippen LogP contribution in [0, 0.1) is 0 Å². The SMILES string of the molecule is CCOc1ccc(C(=O)NNC(=O)[C@H](C)NS(=O)(=O)c2ccc(OC)cc2)cc1. The highest BCUT2D eigenvalue weighted by molar-refractivity contribution is 7.89. The summed E-state index contributed by atoms with van der Waals surface area (Å²) in [7, 11) is -2.46. The largest absolute Gasteiger partial charge is 0.497 e. The predicted octanol–water partition coefficient (Wildman–Crippen LogP) is 1.22. The molecule has 0 aliphatic carbocycles. The third-order valence-corrected chi connectivity index (χ3v) is 5.38. The van der Waals surface area contributed by atoms with Gasteiger partial charge in [-0.25, -0.2) is 8.42 Å². The second-order valence-electron chi connectivity index (χ2n) is 5.92. The standard InChI is InChI=1S/C19H23N3O6S/c1-4-28-16-7-5-14(6-8-16)19(24)21-20-18(23)13(2)22-29(25,26)17-11-9-15(27-3)10-12-17/h5-13,22H,4H2,1-3H3,(H,20,23)(H,21,24)/t13-/m0/s1. The van der Waals surface area contributed by atoms with Gasteiger partial charge in [-0.3, -0.25) is 20.4 Å². The van der Waals surface area contributed by atoms with Gasteiger partial charge in [-0.2, -0.15) is 4.72 Å². The number of carbonyl (C=O) groups is 2. The maximum atomic E-state index is 12.4. The molecule has 2 aromatic rings. The topological polar surface area (TPSA) is 123 Å². The Morgan fingerprint density at radius 1 is 0.966 bits per heavy atom. The van der Waals surface area contributed by atoms with E-state index in [4.69, 9.17) is 9.47 Å². The van der Waals surface area contributed by atoms with Crippen molar-refractivity contribution in [2.45, 2.75) is 24.8 Å². The average molecular weight is 421 g/mol. The minimum atomic E-state index is -3.92. The van der Waals surface area contributed by atoms with E-state index in [9.17, 15) is 18.0 Å². The number of amides is 2. The average Bonchev–Trinajstić information content (AvgIpc) is 2.72. The molecule has 0 radical (unpaired) electrons. The Labute approximate surface area is 169 Å². The van der Waals surface area contributed by atoms with Crippen LogP contribution in [0.2, 0.25) is 0 Å². The van der Waals surface area contributed by atoms with Crippen molar-refractivity contribution in [1.29, 1.82) is 0 Å². The van der Waals surface area contributed by atoms with E-state index in [2.05, 4.69) is 15.6 Å². The van der Waals surface area contributed by atoms with Crippen LogP contribution >= 0.6 is 0 Å². The van der Waals surface area contributed by atoms with E-state index in [0.29, 0.717) is 23.7 Å². The Balaban J connectivity index is 1.91. The fraction of sp³-hybridized carbons (Fsp3) is 0.263. The first kappa shape index (κ1) is 22.2. The van der Waals surface area contributed by atoms with Gasteiger partial charge in [-0.05, 0) is 62.4 Å². The number of methoxy groups -OCH3 is 1. The molecule has 0 unspecified atom stereocenters. The predicted molar refractivity (Wildman–Crippen MR) is 106 cm³/mol. The Bertz CT molecular complexity index is 943. The van der Waals surface area contributed by atoms with Crippen molar-refractivity contribution in [3.63, 3.8) is 0 Å². The van der Waals surface area contributed by atoms with Gasteiger partial charge in [0.15, 0.2) is 0 Å². The van der Waals surface area contributed by atoms with Crippen LogP contribution in [0.3, 0.4) is 0 Å². The number of nitrogens with one attached hydrogen (secondary N) is 3. The zero-order valence-corrected chi connectivity index (χ0v) is 17.1. The van der Waals surface area contributed by atoms with Gasteiger partial charge in [0.1, 0.15) is 11.5 Å². The lowest BCUT2D eigenvalue weighted by atomic mass is 10.2. The fourth-order valence-electron chi connectivity index (χ4n) is 2.28. The normalized spacial score (nSPS) is 12.0. The molecular formula is C19H23N3O6S. The molecule has 0 aliphatic rings. The van der Waals surface area contributed by atoms with Crippen LogP contribution in [0.4, 0.5) is 0 Å². The van der Waals surface area contributed by atoms with Crippen LogP contribution in [0.15, 0.2) is 53.4 Å². The number of carbonyl (C=O) groups excluding carboxylic acids is 2. The van der Waals surface area contributed by atoms with Crippen LogP contribution in [0.5, 0.6) is 11.5 Å². The summed E-state index contributed by atoms with van der Waals surface area (Å²) in [5, 5.41) is 0. The van der Waals surface area contributed by atoms with Crippen LogP contribution in [0.1, 0.15) is 24.2 Å². The summed E-state index contributed by atoms with van der Waals surface area (Å²) < 4.78 is 37.2. The lowest BCUT2D eigenvalue weighted by Crippen LogP contribution is -2.51. The van der Waals surface area contributed by atoms with E-state index in [1.807, 2.05) is 6.92 Å². The zero-order valence-electron chi connectivity index (χ0n) is 16.3. The molecule has 0 fully saturated rings. The molecule has 2 aromatic carbocycles. The van der Waals surface area contributed by atoms with Crippen LogP contribution in [-0.2, 0) is 14.8 Å². The maximum absolute atomic E-state index is 12.4. The third kappa shape index (κ3) is 6.19. The first-order chi connectivity index (χ1) is 13.8. The number of hydrogen-bond acceptors (Lipinski definition) is 6. The molecule has 2 rings (SSSR count). The lowest BCUT2D eigenvalue weighted by molar-refractivity contribution is -0.123. The van der Waals surface area contributed by atoms with Gasteiger partial charge in [0, 0.05) is 5.56 Å².